The standard InChI is InChI=1S/C38H46N4O6/c1-2-42-22-24-48-34-16-10-9-15-31(34)36(44)41-32(26-35(43)40-33(38(42)46)25-27-11-5-3-6-12-27)37(45)39-21-23-47-30-19-17-29(18-20-30)28-13-7-4-8-14-28/h3,5-6,9-12,15-20,28,32-33H,2,4,7-8,13-14,21-26H2,1H3,(H,39,45)(H,40,43)(H,41,44)/t32-,33-/m0/s1. The molecule has 48 heavy (non-hydrogen) atoms. The van der Waals surface area contributed by atoms with Gasteiger partial charge >= 0.3 is 0 Å². The summed E-state index contributed by atoms with van der Waals surface area (Å²) in [6.07, 6.45) is 6.21. The molecular formula is C38H46N4O6. The van der Waals surface area contributed by atoms with Crippen LogP contribution in [-0.2, 0) is 20.8 Å². The van der Waals surface area contributed by atoms with Gasteiger partial charge in [-0.3, -0.25) is 19.2 Å². The maximum atomic E-state index is 13.7. The van der Waals surface area contributed by atoms with Crippen LogP contribution in [0, 0.1) is 0 Å². The first-order valence-electron chi connectivity index (χ1n) is 17.1. The van der Waals surface area contributed by atoms with Crippen LogP contribution in [0.4, 0.5) is 0 Å². The summed E-state index contributed by atoms with van der Waals surface area (Å²) < 4.78 is 11.8. The third-order valence-corrected chi connectivity index (χ3v) is 9.00. The van der Waals surface area contributed by atoms with E-state index < -0.39 is 29.8 Å². The Labute approximate surface area is 282 Å². The minimum Gasteiger partial charge on any atom is -0.492 e. The van der Waals surface area contributed by atoms with Gasteiger partial charge in [0.25, 0.3) is 5.91 Å². The molecule has 3 aromatic rings. The van der Waals surface area contributed by atoms with Crippen molar-refractivity contribution in [2.75, 3.05) is 32.8 Å². The summed E-state index contributed by atoms with van der Waals surface area (Å²) in [4.78, 5) is 55.6. The first kappa shape index (κ1) is 34.5. The van der Waals surface area contributed by atoms with Crippen LogP contribution in [0.3, 0.4) is 0 Å². The second-order valence-electron chi connectivity index (χ2n) is 12.3. The van der Waals surface area contributed by atoms with E-state index in [1.165, 1.54) is 37.7 Å². The fourth-order valence-electron chi connectivity index (χ4n) is 6.36. The van der Waals surface area contributed by atoms with Gasteiger partial charge in [-0.05, 0) is 61.1 Å². The molecular weight excluding hydrogens is 608 g/mol. The van der Waals surface area contributed by atoms with Gasteiger partial charge in [0, 0.05) is 13.0 Å². The molecule has 1 heterocycles. The Kier molecular flexibility index (Phi) is 12.5. The van der Waals surface area contributed by atoms with Crippen molar-refractivity contribution >= 4 is 23.6 Å². The normalized spacial score (nSPS) is 19.6. The highest BCUT2D eigenvalue weighted by Crippen LogP contribution is 2.33. The van der Waals surface area contributed by atoms with E-state index in [9.17, 15) is 19.2 Å². The zero-order chi connectivity index (χ0) is 33.7. The lowest BCUT2D eigenvalue weighted by molar-refractivity contribution is -0.137. The van der Waals surface area contributed by atoms with Gasteiger partial charge in [-0.25, -0.2) is 0 Å². The van der Waals surface area contributed by atoms with E-state index in [0.717, 1.165) is 5.56 Å². The molecule has 1 saturated carbocycles. The van der Waals surface area contributed by atoms with Crippen LogP contribution in [0.15, 0.2) is 78.9 Å². The number of benzene rings is 3. The third-order valence-electron chi connectivity index (χ3n) is 9.00. The Bertz CT molecular complexity index is 1520. The summed E-state index contributed by atoms with van der Waals surface area (Å²) in [5, 5.41) is 8.36. The quantitative estimate of drug-likeness (QED) is 0.294. The van der Waals surface area contributed by atoms with Gasteiger partial charge in [0.05, 0.1) is 25.1 Å². The number of nitrogens with one attached hydrogen (secondary N) is 3. The lowest BCUT2D eigenvalue weighted by atomic mass is 9.84. The monoisotopic (exact) mass is 654 g/mol. The Morgan fingerprint density at radius 3 is 2.40 bits per heavy atom. The van der Waals surface area contributed by atoms with Crippen LogP contribution in [0.25, 0.3) is 0 Å². The number of fused-ring (bicyclic) bond motifs is 1. The second-order valence-corrected chi connectivity index (χ2v) is 12.3. The van der Waals surface area contributed by atoms with Crippen molar-refractivity contribution in [2.24, 2.45) is 0 Å². The third kappa shape index (κ3) is 9.59. The Hall–Kier alpha value is -4.86. The average molecular weight is 655 g/mol. The summed E-state index contributed by atoms with van der Waals surface area (Å²) >= 11 is 0. The van der Waals surface area contributed by atoms with Gasteiger partial charge < -0.3 is 30.3 Å². The minimum absolute atomic E-state index is 0.142. The smallest absolute Gasteiger partial charge is 0.255 e. The molecule has 0 radical (unpaired) electrons. The number of para-hydroxylation sites is 1. The predicted octanol–water partition coefficient (Wildman–Crippen LogP) is 4.39. The molecule has 1 aliphatic heterocycles. The van der Waals surface area contributed by atoms with E-state index >= 15 is 0 Å². The van der Waals surface area contributed by atoms with Crippen LogP contribution >= 0.6 is 0 Å². The summed E-state index contributed by atoms with van der Waals surface area (Å²) in [5.41, 5.74) is 2.44. The maximum Gasteiger partial charge on any atom is 0.255 e. The first-order chi connectivity index (χ1) is 23.4. The highest BCUT2D eigenvalue weighted by atomic mass is 16.5. The van der Waals surface area contributed by atoms with Crippen LogP contribution in [-0.4, -0.2) is 73.5 Å². The van der Waals surface area contributed by atoms with Gasteiger partial charge in [0.2, 0.25) is 17.7 Å². The van der Waals surface area contributed by atoms with Crippen molar-refractivity contribution in [3.8, 4) is 11.5 Å². The van der Waals surface area contributed by atoms with Gasteiger partial charge in [0.1, 0.15) is 36.8 Å². The molecule has 1 aliphatic carbocycles. The summed E-state index contributed by atoms with van der Waals surface area (Å²) in [5.74, 6) is -0.232. The predicted molar refractivity (Wildman–Crippen MR) is 183 cm³/mol. The zero-order valence-electron chi connectivity index (χ0n) is 27.6. The van der Waals surface area contributed by atoms with Gasteiger partial charge in [-0.2, -0.15) is 0 Å². The van der Waals surface area contributed by atoms with Gasteiger partial charge in [-0.15, -0.1) is 0 Å². The number of amides is 4. The summed E-state index contributed by atoms with van der Waals surface area (Å²) in [6, 6.07) is 22.2. The van der Waals surface area contributed by atoms with Crippen LogP contribution < -0.4 is 25.4 Å². The lowest BCUT2D eigenvalue weighted by Gasteiger charge is -2.28. The molecule has 0 spiro atoms. The lowest BCUT2D eigenvalue weighted by Crippen LogP contribution is -2.54. The van der Waals surface area contributed by atoms with Crippen LogP contribution in [0.1, 0.15) is 72.9 Å². The van der Waals surface area contributed by atoms with E-state index in [1.807, 2.05) is 49.4 Å². The van der Waals surface area contributed by atoms with Gasteiger partial charge in [-0.1, -0.05) is 73.9 Å². The number of carbonyl (C=O) groups excluding carboxylic acids is 4. The molecule has 3 N–H and O–H groups in total. The van der Waals surface area contributed by atoms with Crippen LogP contribution in [0.5, 0.6) is 11.5 Å². The molecule has 3 aromatic carbocycles. The van der Waals surface area contributed by atoms with Crippen molar-refractivity contribution in [1.29, 1.82) is 0 Å². The van der Waals surface area contributed by atoms with E-state index in [4.69, 9.17) is 9.47 Å². The first-order valence-corrected chi connectivity index (χ1v) is 17.1. The number of likely N-dealkylation sites (N-methyl/N-ethyl adjacent to an activating group) is 1. The largest absolute Gasteiger partial charge is 0.492 e. The fraction of sp³-hybridized carbons (Fsp3) is 0.421. The molecule has 1 fully saturated rings. The molecule has 0 saturated heterocycles. The molecule has 0 bridgehead atoms. The van der Waals surface area contributed by atoms with E-state index in [0.29, 0.717) is 24.0 Å². The topological polar surface area (TPSA) is 126 Å². The number of nitrogens with zero attached hydrogens (tertiary/aromatic N) is 1. The molecule has 10 heteroatoms. The zero-order valence-corrected chi connectivity index (χ0v) is 27.6. The number of rotatable bonds is 9. The highest BCUT2D eigenvalue weighted by Gasteiger charge is 2.30. The fourth-order valence-corrected chi connectivity index (χ4v) is 6.36. The van der Waals surface area contributed by atoms with Crippen molar-refractivity contribution in [2.45, 2.75) is 69.9 Å². The molecule has 5 rings (SSSR count). The van der Waals surface area contributed by atoms with Crippen molar-refractivity contribution < 1.29 is 28.7 Å². The summed E-state index contributed by atoms with van der Waals surface area (Å²) in [7, 11) is 0. The molecule has 0 aromatic heterocycles. The number of hydrogen-bond donors (Lipinski definition) is 3. The van der Waals surface area contributed by atoms with Crippen molar-refractivity contribution in [3.63, 3.8) is 0 Å². The molecule has 2 atom stereocenters. The van der Waals surface area contributed by atoms with Crippen molar-refractivity contribution in [3.05, 3.63) is 95.6 Å². The SMILES string of the molecule is CCN1CCOc2ccccc2C(=O)N[C@H](C(=O)NCCOc2ccc(C3CCCCC3)cc2)CC(=O)N[C@@H](Cc2ccccc2)C1=O. The highest BCUT2D eigenvalue weighted by molar-refractivity contribution is 6.01. The molecule has 2 aliphatic rings. The Morgan fingerprint density at radius 1 is 0.917 bits per heavy atom. The number of hydrogen-bond acceptors (Lipinski definition) is 6. The maximum absolute atomic E-state index is 13.7. The molecule has 254 valence electrons. The number of ether oxygens (including phenoxy) is 2. The second kappa shape index (κ2) is 17.3. The Morgan fingerprint density at radius 2 is 1.65 bits per heavy atom. The molecule has 0 unspecified atom stereocenters. The van der Waals surface area contributed by atoms with E-state index in [-0.39, 0.29) is 50.6 Å². The molecule has 4 amide bonds. The van der Waals surface area contributed by atoms with Crippen LogP contribution in [0.2, 0.25) is 0 Å². The van der Waals surface area contributed by atoms with Gasteiger partial charge in [0.15, 0.2) is 0 Å². The Balaban J connectivity index is 1.27. The average Bonchev–Trinajstić information content (AvgIpc) is 3.12. The van der Waals surface area contributed by atoms with Crippen molar-refractivity contribution in [1.82, 2.24) is 20.9 Å². The van der Waals surface area contributed by atoms with E-state index in [1.54, 1.807) is 29.2 Å². The number of carbonyl (C=O) groups is 4. The summed E-state index contributed by atoms with van der Waals surface area (Å²) in [6.45, 7) is 3.05. The minimum atomic E-state index is -1.21. The van der Waals surface area contributed by atoms with E-state index in [2.05, 4.69) is 28.1 Å². The molecule has 10 nitrogen and oxygen atoms in total.